The average molecular weight is 408 g/mol. The highest BCUT2D eigenvalue weighted by molar-refractivity contribution is 6.05. The maximum atomic E-state index is 12.7. The number of ether oxygens (including phenoxy) is 1. The summed E-state index contributed by atoms with van der Waals surface area (Å²) in [5, 5.41) is 10.6. The SMILES string of the molecule is Cc1ccc(C(OCC(O)CN2C(=O)C3CCCCC3C2=O)c2ccccc2)cc1. The molecule has 158 valence electrons. The number of imide groups is 1. The van der Waals surface area contributed by atoms with Gasteiger partial charge in [0.25, 0.3) is 0 Å². The van der Waals surface area contributed by atoms with Crippen LogP contribution < -0.4 is 0 Å². The fourth-order valence-electron chi connectivity index (χ4n) is 4.64. The van der Waals surface area contributed by atoms with E-state index in [1.165, 1.54) is 4.90 Å². The topological polar surface area (TPSA) is 66.8 Å². The van der Waals surface area contributed by atoms with Crippen molar-refractivity contribution in [3.8, 4) is 0 Å². The fourth-order valence-corrected chi connectivity index (χ4v) is 4.64. The molecule has 4 unspecified atom stereocenters. The summed E-state index contributed by atoms with van der Waals surface area (Å²) < 4.78 is 6.12. The number of hydrogen-bond donors (Lipinski definition) is 1. The van der Waals surface area contributed by atoms with Crippen LogP contribution in [0.1, 0.15) is 48.5 Å². The lowest BCUT2D eigenvalue weighted by atomic mass is 9.81. The molecule has 2 fully saturated rings. The maximum absolute atomic E-state index is 12.7. The number of nitrogens with zero attached hydrogens (tertiary/aromatic N) is 1. The summed E-state index contributed by atoms with van der Waals surface area (Å²) in [6.07, 6.45) is 2.30. The van der Waals surface area contributed by atoms with Crippen molar-refractivity contribution in [3.63, 3.8) is 0 Å². The van der Waals surface area contributed by atoms with E-state index in [2.05, 4.69) is 0 Å². The zero-order chi connectivity index (χ0) is 21.1. The van der Waals surface area contributed by atoms with Crippen molar-refractivity contribution in [3.05, 3.63) is 71.3 Å². The van der Waals surface area contributed by atoms with Crippen molar-refractivity contribution < 1.29 is 19.4 Å². The second-order valence-electron chi connectivity index (χ2n) is 8.47. The third kappa shape index (κ3) is 4.32. The molecule has 1 aliphatic carbocycles. The monoisotopic (exact) mass is 407 g/mol. The number of hydrogen-bond acceptors (Lipinski definition) is 4. The van der Waals surface area contributed by atoms with Gasteiger partial charge in [-0.05, 0) is 30.9 Å². The van der Waals surface area contributed by atoms with Gasteiger partial charge in [0.1, 0.15) is 6.10 Å². The predicted molar refractivity (Wildman–Crippen MR) is 114 cm³/mol. The molecule has 4 atom stereocenters. The van der Waals surface area contributed by atoms with Gasteiger partial charge in [-0.3, -0.25) is 14.5 Å². The number of benzene rings is 2. The largest absolute Gasteiger partial charge is 0.389 e. The summed E-state index contributed by atoms with van der Waals surface area (Å²) in [6.45, 7) is 2.08. The number of likely N-dealkylation sites (tertiary alicyclic amines) is 1. The van der Waals surface area contributed by atoms with Gasteiger partial charge in [0.05, 0.1) is 31.1 Å². The molecule has 1 saturated heterocycles. The summed E-state index contributed by atoms with van der Waals surface area (Å²) in [5.41, 5.74) is 3.16. The van der Waals surface area contributed by atoms with Crippen molar-refractivity contribution in [1.29, 1.82) is 0 Å². The third-order valence-electron chi connectivity index (χ3n) is 6.26. The van der Waals surface area contributed by atoms with E-state index in [1.54, 1.807) is 0 Å². The zero-order valence-corrected chi connectivity index (χ0v) is 17.4. The lowest BCUT2D eigenvalue weighted by Gasteiger charge is -2.23. The number of fused-ring (bicyclic) bond motifs is 1. The third-order valence-corrected chi connectivity index (χ3v) is 6.26. The number of aryl methyl sites for hydroxylation is 1. The lowest BCUT2D eigenvalue weighted by molar-refractivity contribution is -0.142. The van der Waals surface area contributed by atoms with Crippen LogP contribution in [0.4, 0.5) is 0 Å². The molecule has 0 bridgehead atoms. The Morgan fingerprint density at radius 3 is 2.10 bits per heavy atom. The van der Waals surface area contributed by atoms with Crippen LogP contribution in [0.3, 0.4) is 0 Å². The van der Waals surface area contributed by atoms with Crippen LogP contribution in [0.25, 0.3) is 0 Å². The molecule has 5 heteroatoms. The summed E-state index contributed by atoms with van der Waals surface area (Å²) >= 11 is 0. The Morgan fingerprint density at radius 2 is 1.50 bits per heavy atom. The lowest BCUT2D eigenvalue weighted by Crippen LogP contribution is -2.39. The minimum absolute atomic E-state index is 0.0000736. The van der Waals surface area contributed by atoms with E-state index in [0.717, 1.165) is 42.4 Å². The second-order valence-corrected chi connectivity index (χ2v) is 8.47. The quantitative estimate of drug-likeness (QED) is 0.712. The Hall–Kier alpha value is -2.50. The minimum Gasteiger partial charge on any atom is -0.389 e. The molecule has 30 heavy (non-hydrogen) atoms. The van der Waals surface area contributed by atoms with Gasteiger partial charge in [-0.25, -0.2) is 0 Å². The van der Waals surface area contributed by atoms with Crippen LogP contribution in [0, 0.1) is 18.8 Å². The minimum atomic E-state index is -0.922. The summed E-state index contributed by atoms with van der Waals surface area (Å²) in [7, 11) is 0. The van der Waals surface area contributed by atoms with Crippen molar-refractivity contribution in [2.45, 2.75) is 44.8 Å². The van der Waals surface area contributed by atoms with Gasteiger partial charge in [-0.2, -0.15) is 0 Å². The molecule has 1 aliphatic heterocycles. The second kappa shape index (κ2) is 9.11. The van der Waals surface area contributed by atoms with Crippen LogP contribution in [0.2, 0.25) is 0 Å². The number of amides is 2. The summed E-state index contributed by atoms with van der Waals surface area (Å²) in [6, 6.07) is 18.0. The van der Waals surface area contributed by atoms with Crippen molar-refractivity contribution >= 4 is 11.8 Å². The first-order valence-electron chi connectivity index (χ1n) is 10.8. The van der Waals surface area contributed by atoms with E-state index in [0.29, 0.717) is 0 Å². The van der Waals surface area contributed by atoms with Gasteiger partial charge >= 0.3 is 0 Å². The molecule has 0 spiro atoms. The highest BCUT2D eigenvalue weighted by Gasteiger charge is 2.48. The fraction of sp³-hybridized carbons (Fsp3) is 0.440. The Morgan fingerprint density at radius 1 is 0.933 bits per heavy atom. The number of rotatable bonds is 7. The maximum Gasteiger partial charge on any atom is 0.233 e. The highest BCUT2D eigenvalue weighted by Crippen LogP contribution is 2.38. The van der Waals surface area contributed by atoms with E-state index in [-0.39, 0.29) is 42.9 Å². The first-order chi connectivity index (χ1) is 14.5. The van der Waals surface area contributed by atoms with Gasteiger partial charge in [0.2, 0.25) is 11.8 Å². The molecule has 2 amide bonds. The standard InChI is InChI=1S/C25H29NO4/c1-17-11-13-19(14-12-17)23(18-7-3-2-4-8-18)30-16-20(27)15-26-24(28)21-9-5-6-10-22(21)25(26)29/h2-4,7-8,11-14,20-23,27H,5-6,9-10,15-16H2,1H3. The van der Waals surface area contributed by atoms with Crippen LogP contribution in [-0.2, 0) is 14.3 Å². The van der Waals surface area contributed by atoms with Crippen LogP contribution >= 0.6 is 0 Å². The Bertz CT molecular complexity index is 856. The molecule has 4 rings (SSSR count). The average Bonchev–Trinajstić information content (AvgIpc) is 3.01. The molecule has 2 aromatic rings. The first kappa shape index (κ1) is 20.8. The number of β-amino-alcohol motifs (C(OH)–C–C–N with tert-alkyl or cyclic N) is 1. The van der Waals surface area contributed by atoms with E-state index < -0.39 is 6.10 Å². The van der Waals surface area contributed by atoms with E-state index in [9.17, 15) is 14.7 Å². The van der Waals surface area contributed by atoms with E-state index >= 15 is 0 Å². The van der Waals surface area contributed by atoms with Crippen LogP contribution in [-0.4, -0.2) is 41.1 Å². The zero-order valence-electron chi connectivity index (χ0n) is 17.4. The normalized spacial score (nSPS) is 23.3. The molecule has 1 saturated carbocycles. The summed E-state index contributed by atoms with van der Waals surface area (Å²) in [4.78, 5) is 26.6. The highest BCUT2D eigenvalue weighted by atomic mass is 16.5. The van der Waals surface area contributed by atoms with Crippen molar-refractivity contribution in [2.24, 2.45) is 11.8 Å². The smallest absolute Gasteiger partial charge is 0.233 e. The van der Waals surface area contributed by atoms with Gasteiger partial charge in [-0.1, -0.05) is 73.0 Å². The molecular formula is C25H29NO4. The van der Waals surface area contributed by atoms with Gasteiger partial charge in [0, 0.05) is 0 Å². The van der Waals surface area contributed by atoms with E-state index in [4.69, 9.17) is 4.74 Å². The molecule has 1 N–H and O–H groups in total. The van der Waals surface area contributed by atoms with Crippen LogP contribution in [0.5, 0.6) is 0 Å². The number of aliphatic hydroxyl groups excluding tert-OH is 1. The first-order valence-corrected chi connectivity index (χ1v) is 10.8. The van der Waals surface area contributed by atoms with Crippen molar-refractivity contribution in [2.75, 3.05) is 13.2 Å². The number of carbonyl (C=O) groups excluding carboxylic acids is 2. The van der Waals surface area contributed by atoms with Gasteiger partial charge in [-0.15, -0.1) is 0 Å². The Balaban J connectivity index is 1.43. The molecule has 0 aromatic heterocycles. The molecule has 2 aromatic carbocycles. The molecule has 1 heterocycles. The Labute approximate surface area is 177 Å². The molecule has 2 aliphatic rings. The molecule has 0 radical (unpaired) electrons. The van der Waals surface area contributed by atoms with Crippen LogP contribution in [0.15, 0.2) is 54.6 Å². The Kier molecular flexibility index (Phi) is 6.30. The molecular weight excluding hydrogens is 378 g/mol. The van der Waals surface area contributed by atoms with E-state index in [1.807, 2.05) is 61.5 Å². The van der Waals surface area contributed by atoms with Gasteiger partial charge in [0.15, 0.2) is 0 Å². The summed E-state index contributed by atoms with van der Waals surface area (Å²) in [5.74, 6) is -0.628. The predicted octanol–water partition coefficient (Wildman–Crippen LogP) is 3.64. The number of aliphatic hydroxyl groups is 1. The number of carbonyl (C=O) groups is 2. The van der Waals surface area contributed by atoms with Gasteiger partial charge < -0.3 is 9.84 Å². The molecule has 5 nitrogen and oxygen atoms in total. The van der Waals surface area contributed by atoms with Crippen molar-refractivity contribution in [1.82, 2.24) is 4.90 Å².